The second-order valence-electron chi connectivity index (χ2n) is 6.91. The van der Waals surface area contributed by atoms with E-state index in [2.05, 4.69) is 55.1 Å². The molecular weight excluding hydrogens is 519 g/mol. The van der Waals surface area contributed by atoms with Crippen molar-refractivity contribution in [2.45, 2.75) is 26.3 Å². The number of halogens is 1. The lowest BCUT2D eigenvalue weighted by Gasteiger charge is -2.13. The molecule has 0 unspecified atom stereocenters. The topological polar surface area (TPSA) is 96.5 Å². The number of nitrogens with zero attached hydrogens (tertiary/aromatic N) is 3. The van der Waals surface area contributed by atoms with E-state index in [4.69, 9.17) is 9.47 Å². The van der Waals surface area contributed by atoms with Crippen LogP contribution in [0.15, 0.2) is 53.8 Å². The van der Waals surface area contributed by atoms with Crippen molar-refractivity contribution < 1.29 is 9.47 Å². The second-order valence-corrected chi connectivity index (χ2v) is 6.91. The van der Waals surface area contributed by atoms with Crippen molar-refractivity contribution in [1.82, 2.24) is 25.8 Å². The van der Waals surface area contributed by atoms with Gasteiger partial charge in [-0.25, -0.2) is 4.98 Å². The molecule has 0 spiro atoms. The van der Waals surface area contributed by atoms with E-state index in [1.54, 1.807) is 14.2 Å². The van der Waals surface area contributed by atoms with Crippen LogP contribution in [0.2, 0.25) is 0 Å². The number of nitrogens with one attached hydrogen (secondary N) is 3. The van der Waals surface area contributed by atoms with Crippen molar-refractivity contribution in [3.8, 4) is 22.9 Å². The fourth-order valence-corrected chi connectivity index (χ4v) is 3.22. The number of guanidine groups is 1. The number of aryl methyl sites for hydroxylation is 1. The summed E-state index contributed by atoms with van der Waals surface area (Å²) in [5, 5.41) is 13.5. The highest BCUT2D eigenvalue weighted by molar-refractivity contribution is 14.0. The first-order valence-electron chi connectivity index (χ1n) is 10.4. The highest BCUT2D eigenvalue weighted by Crippen LogP contribution is 2.28. The van der Waals surface area contributed by atoms with Gasteiger partial charge in [-0.2, -0.15) is 5.10 Å². The number of aliphatic imine (C=N–C) groups is 1. The Bertz CT molecular complexity index is 978. The Morgan fingerprint density at radius 3 is 2.69 bits per heavy atom. The van der Waals surface area contributed by atoms with Gasteiger partial charge < -0.3 is 20.1 Å². The summed E-state index contributed by atoms with van der Waals surface area (Å²) in [6.07, 6.45) is 3.42. The van der Waals surface area contributed by atoms with E-state index in [1.165, 1.54) is 11.9 Å². The van der Waals surface area contributed by atoms with Crippen LogP contribution in [0.4, 0.5) is 0 Å². The Labute approximate surface area is 206 Å². The lowest BCUT2D eigenvalue weighted by Crippen LogP contribution is -2.37. The van der Waals surface area contributed by atoms with Crippen LogP contribution in [0.1, 0.15) is 24.5 Å². The van der Waals surface area contributed by atoms with E-state index in [-0.39, 0.29) is 24.0 Å². The van der Waals surface area contributed by atoms with E-state index >= 15 is 0 Å². The molecule has 2 aromatic carbocycles. The Morgan fingerprint density at radius 1 is 1.09 bits per heavy atom. The highest BCUT2D eigenvalue weighted by atomic mass is 127. The van der Waals surface area contributed by atoms with Crippen LogP contribution in [-0.2, 0) is 13.0 Å². The number of hydrogen-bond donors (Lipinski definition) is 3. The molecule has 32 heavy (non-hydrogen) atoms. The average molecular weight is 550 g/mol. The lowest BCUT2D eigenvalue weighted by molar-refractivity contribution is 0.310. The van der Waals surface area contributed by atoms with Crippen LogP contribution in [-0.4, -0.2) is 48.5 Å². The summed E-state index contributed by atoms with van der Waals surface area (Å²) in [4.78, 5) is 8.51. The molecule has 0 aliphatic carbocycles. The predicted octanol–water partition coefficient (Wildman–Crippen LogP) is 3.79. The molecule has 172 valence electrons. The molecule has 0 aliphatic rings. The van der Waals surface area contributed by atoms with Crippen molar-refractivity contribution in [1.29, 1.82) is 0 Å². The summed E-state index contributed by atoms with van der Waals surface area (Å²) in [5.74, 6) is 3.09. The van der Waals surface area contributed by atoms with E-state index < -0.39 is 0 Å². The Morgan fingerprint density at radius 2 is 1.97 bits per heavy atom. The number of aromatic nitrogens is 3. The number of aromatic amines is 1. The molecule has 3 N–H and O–H groups in total. The zero-order chi connectivity index (χ0) is 21.9. The predicted molar refractivity (Wildman–Crippen MR) is 138 cm³/mol. The number of methoxy groups -OCH3 is 1. The summed E-state index contributed by atoms with van der Waals surface area (Å²) in [6.45, 7) is 4.06. The largest absolute Gasteiger partial charge is 0.493 e. The molecule has 8 nitrogen and oxygen atoms in total. The van der Waals surface area contributed by atoms with E-state index in [0.717, 1.165) is 53.8 Å². The quantitative estimate of drug-likeness (QED) is 0.154. The average Bonchev–Trinajstić information content (AvgIpc) is 3.34. The molecule has 3 rings (SSSR count). The molecule has 0 radical (unpaired) electrons. The maximum atomic E-state index is 5.66. The Hall–Kier alpha value is -2.82. The summed E-state index contributed by atoms with van der Waals surface area (Å²) >= 11 is 0. The third kappa shape index (κ3) is 7.40. The number of benzene rings is 2. The van der Waals surface area contributed by atoms with Crippen LogP contribution in [0.3, 0.4) is 0 Å². The molecule has 0 saturated heterocycles. The monoisotopic (exact) mass is 550 g/mol. The minimum Gasteiger partial charge on any atom is -0.493 e. The lowest BCUT2D eigenvalue weighted by atomic mass is 10.1. The molecule has 0 fully saturated rings. The molecule has 0 bridgehead atoms. The van der Waals surface area contributed by atoms with E-state index in [1.807, 2.05) is 25.1 Å². The van der Waals surface area contributed by atoms with Gasteiger partial charge in [-0.05, 0) is 49.1 Å². The molecule has 9 heteroatoms. The van der Waals surface area contributed by atoms with Gasteiger partial charge in [0.15, 0.2) is 23.3 Å². The van der Waals surface area contributed by atoms with Crippen LogP contribution in [0.5, 0.6) is 11.5 Å². The van der Waals surface area contributed by atoms with Crippen molar-refractivity contribution in [3.05, 3.63) is 59.9 Å². The first-order valence-corrected chi connectivity index (χ1v) is 10.4. The second kappa shape index (κ2) is 13.6. The molecule has 0 atom stereocenters. The fraction of sp³-hybridized carbons (Fsp3) is 0.348. The van der Waals surface area contributed by atoms with Crippen molar-refractivity contribution >= 4 is 29.9 Å². The zero-order valence-electron chi connectivity index (χ0n) is 18.7. The molecule has 1 aromatic heterocycles. The van der Waals surface area contributed by atoms with Crippen LogP contribution in [0, 0.1) is 0 Å². The standard InChI is InChI=1S/C23H30N6O2.HI/c1-4-31-21-14-17(10-11-20(21)30-3)8-6-12-25-23(24-2)26-15-18-7-5-9-19(13-18)22-27-16-28-29-22;/h5,7,9-11,13-14,16H,4,6,8,12,15H2,1-3H3,(H2,24,25,26)(H,27,28,29);1H. The van der Waals surface area contributed by atoms with Gasteiger partial charge in [-0.1, -0.05) is 24.3 Å². The maximum absolute atomic E-state index is 5.66. The zero-order valence-corrected chi connectivity index (χ0v) is 21.1. The first kappa shape index (κ1) is 25.4. The molecule has 1 heterocycles. The number of H-pyrrole nitrogens is 1. The summed E-state index contributed by atoms with van der Waals surface area (Å²) in [5.41, 5.74) is 3.36. The van der Waals surface area contributed by atoms with Gasteiger partial charge in [0, 0.05) is 25.7 Å². The number of rotatable bonds is 10. The third-order valence-corrected chi connectivity index (χ3v) is 4.76. The molecule has 3 aromatic rings. The van der Waals surface area contributed by atoms with Gasteiger partial charge in [-0.15, -0.1) is 24.0 Å². The minimum atomic E-state index is 0. The summed E-state index contributed by atoms with van der Waals surface area (Å²) in [6, 6.07) is 14.3. The Kier molecular flexibility index (Phi) is 10.8. The highest BCUT2D eigenvalue weighted by Gasteiger charge is 2.06. The van der Waals surface area contributed by atoms with Crippen molar-refractivity contribution in [2.24, 2.45) is 4.99 Å². The van der Waals surface area contributed by atoms with Crippen molar-refractivity contribution in [3.63, 3.8) is 0 Å². The van der Waals surface area contributed by atoms with Crippen LogP contribution >= 0.6 is 24.0 Å². The van der Waals surface area contributed by atoms with E-state index in [0.29, 0.717) is 13.2 Å². The normalized spacial score (nSPS) is 10.9. The van der Waals surface area contributed by atoms with Crippen molar-refractivity contribution in [2.75, 3.05) is 27.3 Å². The van der Waals surface area contributed by atoms with Gasteiger partial charge >= 0.3 is 0 Å². The van der Waals surface area contributed by atoms with Crippen LogP contribution < -0.4 is 20.1 Å². The van der Waals surface area contributed by atoms with Gasteiger partial charge in [-0.3, -0.25) is 10.1 Å². The number of hydrogen-bond acceptors (Lipinski definition) is 5. The van der Waals surface area contributed by atoms with Gasteiger partial charge in [0.2, 0.25) is 0 Å². The van der Waals surface area contributed by atoms with Crippen LogP contribution in [0.25, 0.3) is 11.4 Å². The smallest absolute Gasteiger partial charge is 0.191 e. The van der Waals surface area contributed by atoms with Gasteiger partial charge in [0.25, 0.3) is 0 Å². The SMILES string of the molecule is CCOc1cc(CCCNC(=NC)NCc2cccc(-c3ncn[nH]3)c2)ccc1OC.I. The molecular formula is C23H31IN6O2. The Balaban J connectivity index is 0.00000363. The van der Waals surface area contributed by atoms with Gasteiger partial charge in [0.05, 0.1) is 13.7 Å². The molecule has 0 amide bonds. The molecule has 0 saturated carbocycles. The third-order valence-electron chi connectivity index (χ3n) is 4.76. The first-order chi connectivity index (χ1) is 15.2. The fourth-order valence-electron chi connectivity index (χ4n) is 3.22. The summed E-state index contributed by atoms with van der Waals surface area (Å²) < 4.78 is 11.0. The number of ether oxygens (including phenoxy) is 2. The maximum Gasteiger partial charge on any atom is 0.191 e. The van der Waals surface area contributed by atoms with E-state index in [9.17, 15) is 0 Å². The minimum absolute atomic E-state index is 0. The van der Waals surface area contributed by atoms with Gasteiger partial charge in [0.1, 0.15) is 6.33 Å². The molecule has 0 aliphatic heterocycles. The summed E-state index contributed by atoms with van der Waals surface area (Å²) in [7, 11) is 3.43.